The molecule has 3 fully saturated rings. The summed E-state index contributed by atoms with van der Waals surface area (Å²) in [6.07, 6.45) is 3.02. The molecule has 0 radical (unpaired) electrons. The van der Waals surface area contributed by atoms with Gasteiger partial charge >= 0.3 is 5.97 Å². The molecular weight excluding hydrogens is 562 g/mol. The molecule has 3 aliphatic heterocycles. The van der Waals surface area contributed by atoms with Gasteiger partial charge in [-0.3, -0.25) is 14.5 Å². The Morgan fingerprint density at radius 2 is 1.40 bits per heavy atom. The molecule has 7 nitrogen and oxygen atoms in total. The number of hydrogen-bond acceptors (Lipinski definition) is 5. The summed E-state index contributed by atoms with van der Waals surface area (Å²) in [7, 11) is 0. The van der Waals surface area contributed by atoms with E-state index in [9.17, 15) is 14.4 Å². The van der Waals surface area contributed by atoms with E-state index in [1.54, 1.807) is 4.90 Å². The smallest absolute Gasteiger partial charge is 0.329 e. The van der Waals surface area contributed by atoms with E-state index >= 15 is 0 Å². The molecule has 0 bridgehead atoms. The van der Waals surface area contributed by atoms with Crippen LogP contribution in [-0.4, -0.2) is 77.4 Å². The molecule has 0 N–H and O–H groups in total. The van der Waals surface area contributed by atoms with E-state index in [4.69, 9.17) is 4.74 Å². The fraction of sp³-hybridized carbons (Fsp3) is 0.447. The van der Waals surface area contributed by atoms with Crippen molar-refractivity contribution in [1.82, 2.24) is 14.7 Å². The van der Waals surface area contributed by atoms with E-state index in [1.807, 2.05) is 36.9 Å². The highest BCUT2D eigenvalue weighted by atomic mass is 16.5. The first kappa shape index (κ1) is 31.0. The van der Waals surface area contributed by atoms with Gasteiger partial charge in [-0.15, -0.1) is 0 Å². The van der Waals surface area contributed by atoms with Crippen LogP contribution in [0.1, 0.15) is 63.1 Å². The minimum absolute atomic E-state index is 0.0104. The lowest BCUT2D eigenvalue weighted by Crippen LogP contribution is -2.49. The molecule has 3 aromatic rings. The Kier molecular flexibility index (Phi) is 8.82. The quantitative estimate of drug-likeness (QED) is 0.125. The lowest BCUT2D eigenvalue weighted by molar-refractivity contribution is -0.157. The van der Waals surface area contributed by atoms with Crippen molar-refractivity contribution in [3.63, 3.8) is 0 Å². The van der Waals surface area contributed by atoms with Crippen LogP contribution in [-0.2, 0) is 24.7 Å². The van der Waals surface area contributed by atoms with Gasteiger partial charge < -0.3 is 14.5 Å². The van der Waals surface area contributed by atoms with E-state index in [-0.39, 0.29) is 29.7 Å². The van der Waals surface area contributed by atoms with Gasteiger partial charge in [-0.25, -0.2) is 4.79 Å². The SMILES string of the molecule is CCCCOC(=O)[C@H](C(C)C)N1CC[C@]2(CCN(C(=O)[C@H]3CN3C(c3ccccc3)(c3ccccc3)c3ccccc3)C2)C1=O. The topological polar surface area (TPSA) is 69.9 Å². The Balaban J connectivity index is 1.24. The zero-order chi connectivity index (χ0) is 31.6. The first-order valence-electron chi connectivity index (χ1n) is 16.5. The van der Waals surface area contributed by atoms with Crippen LogP contribution in [0.4, 0.5) is 0 Å². The fourth-order valence-corrected chi connectivity index (χ4v) is 7.68. The molecule has 4 atom stereocenters. The van der Waals surface area contributed by atoms with Gasteiger partial charge in [0.05, 0.1) is 17.6 Å². The average molecular weight is 608 g/mol. The van der Waals surface area contributed by atoms with E-state index in [0.29, 0.717) is 45.6 Å². The summed E-state index contributed by atoms with van der Waals surface area (Å²) in [5.41, 5.74) is 2.07. The number of ether oxygens (including phenoxy) is 1. The maximum atomic E-state index is 14.3. The molecule has 1 spiro atoms. The van der Waals surface area contributed by atoms with Gasteiger partial charge in [0.25, 0.3) is 0 Å². The van der Waals surface area contributed by atoms with Crippen LogP contribution in [0.25, 0.3) is 0 Å². The molecule has 45 heavy (non-hydrogen) atoms. The molecule has 0 aromatic heterocycles. The van der Waals surface area contributed by atoms with Gasteiger partial charge in [0.1, 0.15) is 12.1 Å². The Bertz CT molecular complexity index is 1400. The van der Waals surface area contributed by atoms with Crippen LogP contribution in [0.2, 0.25) is 0 Å². The highest BCUT2D eigenvalue weighted by molar-refractivity contribution is 5.92. The van der Waals surface area contributed by atoms with Crippen molar-refractivity contribution in [3.8, 4) is 0 Å². The second kappa shape index (κ2) is 12.8. The summed E-state index contributed by atoms with van der Waals surface area (Å²) in [6.45, 7) is 8.45. The third kappa shape index (κ3) is 5.56. The Labute approximate surface area is 267 Å². The minimum Gasteiger partial charge on any atom is -0.464 e. The summed E-state index contributed by atoms with van der Waals surface area (Å²) in [6, 6.07) is 30.4. The minimum atomic E-state index is -0.637. The fourth-order valence-electron chi connectivity index (χ4n) is 7.68. The van der Waals surface area contributed by atoms with Gasteiger partial charge in [-0.2, -0.15) is 0 Å². The number of rotatable bonds is 11. The van der Waals surface area contributed by atoms with Gasteiger partial charge in [-0.05, 0) is 41.9 Å². The Hall–Kier alpha value is -3.97. The van der Waals surface area contributed by atoms with Crippen molar-refractivity contribution in [2.45, 2.75) is 64.1 Å². The van der Waals surface area contributed by atoms with Gasteiger partial charge in [0, 0.05) is 26.2 Å². The second-order valence-corrected chi connectivity index (χ2v) is 13.2. The van der Waals surface area contributed by atoms with Crippen LogP contribution >= 0.6 is 0 Å². The molecule has 1 unspecified atom stereocenters. The molecule has 0 aliphatic carbocycles. The molecule has 3 heterocycles. The standard InChI is InChI=1S/C38H45N3O4/c1-4-5-25-45-35(43)33(28(2)3)40-24-22-37(36(40)44)21-23-39(27-37)34(42)32-26-41(32)38(29-15-9-6-10-16-29,30-17-11-7-12-18-30)31-19-13-8-14-20-31/h6-20,28,32-33H,4-5,21-27H2,1-3H3/t32-,33+,37+,41?/m1/s1. The number of amides is 2. The molecular formula is C38H45N3O4. The summed E-state index contributed by atoms with van der Waals surface area (Å²) >= 11 is 0. The van der Waals surface area contributed by atoms with Crippen molar-refractivity contribution in [2.24, 2.45) is 11.3 Å². The average Bonchev–Trinajstić information content (AvgIpc) is 3.64. The van der Waals surface area contributed by atoms with Crippen LogP contribution in [0.3, 0.4) is 0 Å². The van der Waals surface area contributed by atoms with E-state index in [2.05, 4.69) is 84.6 Å². The van der Waals surface area contributed by atoms with Gasteiger partial charge in [0.2, 0.25) is 11.8 Å². The normalized spacial score (nSPS) is 23.5. The highest BCUT2D eigenvalue weighted by Gasteiger charge is 2.60. The number of carbonyl (C=O) groups excluding carboxylic acids is 3. The predicted octanol–water partition coefficient (Wildman–Crippen LogP) is 5.48. The molecule has 2 amide bonds. The largest absolute Gasteiger partial charge is 0.464 e. The molecule has 3 aliphatic rings. The zero-order valence-corrected chi connectivity index (χ0v) is 26.7. The number of carbonyl (C=O) groups is 3. The molecule has 7 heteroatoms. The molecule has 6 rings (SSSR count). The lowest BCUT2D eigenvalue weighted by Gasteiger charge is -2.38. The van der Waals surface area contributed by atoms with Crippen molar-refractivity contribution in [1.29, 1.82) is 0 Å². The number of esters is 1. The Morgan fingerprint density at radius 3 is 1.91 bits per heavy atom. The number of hydrogen-bond donors (Lipinski definition) is 0. The van der Waals surface area contributed by atoms with Crippen LogP contribution in [0.5, 0.6) is 0 Å². The van der Waals surface area contributed by atoms with Crippen molar-refractivity contribution < 1.29 is 19.1 Å². The summed E-state index contributed by atoms with van der Waals surface area (Å²) in [4.78, 5) is 47.3. The Morgan fingerprint density at radius 1 is 0.867 bits per heavy atom. The van der Waals surface area contributed by atoms with Crippen LogP contribution < -0.4 is 0 Å². The predicted molar refractivity (Wildman–Crippen MR) is 174 cm³/mol. The maximum Gasteiger partial charge on any atom is 0.329 e. The number of benzene rings is 3. The monoisotopic (exact) mass is 607 g/mol. The first-order valence-corrected chi connectivity index (χ1v) is 16.5. The van der Waals surface area contributed by atoms with Crippen LogP contribution in [0.15, 0.2) is 91.0 Å². The summed E-state index contributed by atoms with van der Waals surface area (Å²) in [5.74, 6) is -0.310. The van der Waals surface area contributed by atoms with E-state index in [1.165, 1.54) is 0 Å². The number of likely N-dealkylation sites (tertiary alicyclic amines) is 2. The number of nitrogens with zero attached hydrogens (tertiary/aromatic N) is 3. The zero-order valence-electron chi connectivity index (χ0n) is 26.7. The van der Waals surface area contributed by atoms with Gasteiger partial charge in [0.15, 0.2) is 0 Å². The second-order valence-electron chi connectivity index (χ2n) is 13.2. The number of unbranched alkanes of at least 4 members (excludes halogenated alkanes) is 1. The summed E-state index contributed by atoms with van der Waals surface area (Å²) < 4.78 is 5.57. The van der Waals surface area contributed by atoms with Crippen molar-refractivity contribution in [3.05, 3.63) is 108 Å². The third-order valence-corrected chi connectivity index (χ3v) is 10.1. The van der Waals surface area contributed by atoms with Crippen LogP contribution in [0, 0.1) is 11.3 Å². The first-order chi connectivity index (χ1) is 21.8. The summed E-state index contributed by atoms with van der Waals surface area (Å²) in [5, 5.41) is 0. The maximum absolute atomic E-state index is 14.3. The van der Waals surface area contributed by atoms with Crippen molar-refractivity contribution >= 4 is 17.8 Å². The van der Waals surface area contributed by atoms with E-state index in [0.717, 1.165) is 29.5 Å². The van der Waals surface area contributed by atoms with E-state index < -0.39 is 17.0 Å². The van der Waals surface area contributed by atoms with Gasteiger partial charge in [-0.1, -0.05) is 118 Å². The molecule has 0 saturated carbocycles. The third-order valence-electron chi connectivity index (χ3n) is 10.1. The lowest BCUT2D eigenvalue weighted by atomic mass is 9.76. The molecule has 236 valence electrons. The highest BCUT2D eigenvalue weighted by Crippen LogP contribution is 2.49. The molecule has 3 saturated heterocycles. The molecule has 3 aromatic carbocycles. The van der Waals surface area contributed by atoms with Crippen molar-refractivity contribution in [2.75, 3.05) is 32.8 Å².